The molecule has 3 aliphatic rings. The van der Waals surface area contributed by atoms with Crippen LogP contribution in [0.4, 0.5) is 17.6 Å². The summed E-state index contributed by atoms with van der Waals surface area (Å²) in [5.41, 5.74) is 15.6. The summed E-state index contributed by atoms with van der Waals surface area (Å²) in [5.74, 6) is -1.18. The maximum absolute atomic E-state index is 14.8. The van der Waals surface area contributed by atoms with Crippen LogP contribution in [0.15, 0.2) is 36.4 Å². The van der Waals surface area contributed by atoms with Crippen molar-refractivity contribution in [3.8, 4) is 11.4 Å². The zero-order valence-electron chi connectivity index (χ0n) is 35.1. The second-order valence-electron chi connectivity index (χ2n) is 15.6. The van der Waals surface area contributed by atoms with Crippen LogP contribution in [0.2, 0.25) is 0 Å². The van der Waals surface area contributed by atoms with Gasteiger partial charge in [-0.3, -0.25) is 39.4 Å². The highest BCUT2D eigenvalue weighted by Crippen LogP contribution is 2.37. The first-order valence-electron chi connectivity index (χ1n) is 20.5. The van der Waals surface area contributed by atoms with E-state index in [-0.39, 0.29) is 53.2 Å². The third-order valence-electron chi connectivity index (χ3n) is 12.0. The summed E-state index contributed by atoms with van der Waals surface area (Å²) < 4.78 is 19.6. The predicted octanol–water partition coefficient (Wildman–Crippen LogP) is 1.88. The van der Waals surface area contributed by atoms with Crippen molar-refractivity contribution in [2.24, 2.45) is 11.5 Å². The Bertz CT molecular complexity index is 2870. The van der Waals surface area contributed by atoms with Crippen LogP contribution in [0.25, 0.3) is 27.8 Å². The highest BCUT2D eigenvalue weighted by Gasteiger charge is 2.50. The Kier molecular flexibility index (Phi) is 10.0. The SMILES string of the molecule is CCn1nc(C)c2c1C(=O)Nc1nc3cc(C(N)=O)cc(NCCN4CCC45COC5)c3n1C/C=C/Cn1c(nc3cc(C(N)=O)cc(OC)c31)NC(=O)c1n(CC)nc(C)[n+]1-2. The zero-order chi connectivity index (χ0) is 43.6. The number of ether oxygens (including phenoxy) is 2. The zero-order valence-corrected chi connectivity index (χ0v) is 35.1. The van der Waals surface area contributed by atoms with Crippen LogP contribution in [0.3, 0.4) is 0 Å². The number of nitrogens with two attached hydrogens (primary N) is 2. The Morgan fingerprint density at radius 2 is 1.52 bits per heavy atom. The van der Waals surface area contributed by atoms with E-state index in [2.05, 4.69) is 20.9 Å². The van der Waals surface area contributed by atoms with Gasteiger partial charge in [-0.2, -0.15) is 9.67 Å². The smallest absolute Gasteiger partial charge is 0.331 e. The molecule has 2 aromatic carbocycles. The number of carbonyl (C=O) groups excluding carboxylic acids is 4. The second kappa shape index (κ2) is 15.4. The van der Waals surface area contributed by atoms with Crippen molar-refractivity contribution < 1.29 is 33.2 Å². The highest BCUT2D eigenvalue weighted by atomic mass is 16.5. The lowest BCUT2D eigenvalue weighted by Crippen LogP contribution is -2.71. The van der Waals surface area contributed by atoms with Crippen LogP contribution in [0.5, 0.6) is 5.75 Å². The van der Waals surface area contributed by atoms with Crippen molar-refractivity contribution in [3.05, 3.63) is 70.6 Å². The number of anilines is 3. The molecule has 62 heavy (non-hydrogen) atoms. The quantitative estimate of drug-likeness (QED) is 0.103. The number of rotatable bonds is 9. The van der Waals surface area contributed by atoms with Crippen molar-refractivity contribution in [2.75, 3.05) is 55.9 Å². The van der Waals surface area contributed by atoms with Gasteiger partial charge in [-0.1, -0.05) is 12.2 Å². The number of aryl methyl sites for hydroxylation is 4. The lowest BCUT2D eigenvalue weighted by molar-refractivity contribution is -0.606. The van der Waals surface area contributed by atoms with Gasteiger partial charge in [0.15, 0.2) is 11.4 Å². The minimum absolute atomic E-state index is 0.100. The number of carbonyl (C=O) groups is 4. The minimum atomic E-state index is -0.668. The van der Waals surface area contributed by atoms with Crippen LogP contribution >= 0.6 is 0 Å². The first-order chi connectivity index (χ1) is 29.9. The van der Waals surface area contributed by atoms with E-state index in [0.717, 1.165) is 32.7 Å². The molecule has 21 nitrogen and oxygen atoms in total. The summed E-state index contributed by atoms with van der Waals surface area (Å²) in [5, 5.41) is 19.0. The van der Waals surface area contributed by atoms with E-state index in [1.54, 1.807) is 50.5 Å². The summed E-state index contributed by atoms with van der Waals surface area (Å²) in [4.78, 5) is 66.6. The maximum Gasteiger partial charge on any atom is 0.331 e. The van der Waals surface area contributed by atoms with E-state index >= 15 is 0 Å². The number of nitrogens with zero attached hydrogens (tertiary/aromatic N) is 10. The Morgan fingerprint density at radius 1 is 0.887 bits per heavy atom. The summed E-state index contributed by atoms with van der Waals surface area (Å²) in [6.07, 6.45) is 4.87. The van der Waals surface area contributed by atoms with Crippen molar-refractivity contribution in [1.29, 1.82) is 0 Å². The van der Waals surface area contributed by atoms with Gasteiger partial charge in [0.05, 0.1) is 53.8 Å². The number of hydrogen-bond donors (Lipinski definition) is 5. The molecule has 0 aliphatic carbocycles. The number of methoxy groups -OCH3 is 1. The molecule has 9 rings (SSSR count). The van der Waals surface area contributed by atoms with E-state index < -0.39 is 23.6 Å². The fourth-order valence-corrected chi connectivity index (χ4v) is 8.76. The van der Waals surface area contributed by atoms with E-state index in [1.807, 2.05) is 30.6 Å². The number of hydrogen-bond acceptors (Lipinski definition) is 12. The fraction of sp³-hybridized carbons (Fsp3) is 0.390. The van der Waals surface area contributed by atoms with Gasteiger partial charge in [0.2, 0.25) is 23.7 Å². The Balaban J connectivity index is 1.23. The Morgan fingerprint density at radius 3 is 2.10 bits per heavy atom. The van der Waals surface area contributed by atoms with Crippen LogP contribution in [-0.4, -0.2) is 113 Å². The van der Waals surface area contributed by atoms with Crippen molar-refractivity contribution in [1.82, 2.24) is 43.6 Å². The lowest BCUT2D eigenvalue weighted by Gasteiger charge is -2.57. The third-order valence-corrected chi connectivity index (χ3v) is 12.0. The van der Waals surface area contributed by atoms with E-state index in [0.29, 0.717) is 70.3 Å². The number of fused-ring (bicyclic) bond motifs is 9. The number of amides is 4. The van der Waals surface area contributed by atoms with Gasteiger partial charge in [0.25, 0.3) is 11.7 Å². The van der Waals surface area contributed by atoms with Crippen LogP contribution in [-0.2, 0) is 30.9 Å². The maximum atomic E-state index is 14.8. The first kappa shape index (κ1) is 40.3. The standard InChI is InChI=1S/C41H47N15O6/c1-6-54-33-30(22(3)49-54)56-23(4)50-55(7-2)38(56)37(60)48-40-46-28-18-25(35(43)58)19-29(61-5)32(28)53(40)13-9-8-12-52-31-26(44-11-15-51-14-10-41(51)20-62-21-41)16-24(34(42)57)17-27(31)45-39(52)47-36(33)59/h8-9,16-19,44H,6-7,10-15,20-21H2,1-5H3,(H5-,42,43,45,46,47,48,57,58,59,60)/p+1/b9-8+. The molecule has 322 valence electrons. The topological polar surface area (TPSA) is 253 Å². The normalized spacial score (nSPS) is 16.7. The molecule has 0 unspecified atom stereocenters. The molecule has 2 saturated heterocycles. The summed E-state index contributed by atoms with van der Waals surface area (Å²) in [7, 11) is 1.48. The third kappa shape index (κ3) is 6.51. The number of allylic oxidation sites excluding steroid dienone is 2. The van der Waals surface area contributed by atoms with Gasteiger partial charge in [0, 0.05) is 62.4 Å². The van der Waals surface area contributed by atoms with Gasteiger partial charge >= 0.3 is 11.7 Å². The molecular weight excluding hydrogens is 799 g/mol. The molecule has 0 saturated carbocycles. The van der Waals surface area contributed by atoms with Crippen molar-refractivity contribution in [3.63, 3.8) is 0 Å². The molecule has 4 amide bonds. The largest absolute Gasteiger partial charge is 0.494 e. The van der Waals surface area contributed by atoms with Crippen molar-refractivity contribution in [2.45, 2.75) is 65.8 Å². The molecule has 7 heterocycles. The first-order valence-corrected chi connectivity index (χ1v) is 20.5. The molecule has 2 fully saturated rings. The average molecular weight is 847 g/mol. The predicted molar refractivity (Wildman–Crippen MR) is 227 cm³/mol. The number of primary amides is 2. The summed E-state index contributed by atoms with van der Waals surface area (Å²) in [6, 6.07) is 6.40. The molecule has 0 radical (unpaired) electrons. The van der Waals surface area contributed by atoms with Gasteiger partial charge in [0.1, 0.15) is 17.8 Å². The van der Waals surface area contributed by atoms with Gasteiger partial charge in [-0.25, -0.2) is 9.97 Å². The highest BCUT2D eigenvalue weighted by molar-refractivity contribution is 6.07. The molecule has 4 aromatic heterocycles. The second-order valence-corrected chi connectivity index (χ2v) is 15.6. The lowest BCUT2D eigenvalue weighted by atomic mass is 9.83. The fourth-order valence-electron chi connectivity index (χ4n) is 8.76. The summed E-state index contributed by atoms with van der Waals surface area (Å²) >= 11 is 0. The molecular formula is C41H48N15O6+. The molecule has 0 bridgehead atoms. The van der Waals surface area contributed by atoms with Crippen LogP contribution < -0.4 is 36.7 Å². The Hall–Kier alpha value is -7.13. The molecule has 0 atom stereocenters. The van der Waals surface area contributed by atoms with Gasteiger partial charge < -0.3 is 35.4 Å². The minimum Gasteiger partial charge on any atom is -0.494 e. The number of nitrogens with one attached hydrogen (secondary N) is 3. The summed E-state index contributed by atoms with van der Waals surface area (Å²) in [6.45, 7) is 12.0. The van der Waals surface area contributed by atoms with E-state index in [1.165, 1.54) is 13.2 Å². The van der Waals surface area contributed by atoms with Gasteiger partial charge in [-0.05, 0) is 51.5 Å². The Labute approximate surface area is 354 Å². The average Bonchev–Trinajstić information content (AvgIpc) is 3.95. The monoisotopic (exact) mass is 846 g/mol. The molecule has 6 aromatic rings. The van der Waals surface area contributed by atoms with Crippen LogP contribution in [0, 0.1) is 13.8 Å². The molecule has 1 spiro atoms. The number of imidazole rings is 2. The van der Waals surface area contributed by atoms with Crippen molar-refractivity contribution >= 4 is 63.3 Å². The van der Waals surface area contributed by atoms with Gasteiger partial charge in [-0.15, -0.1) is 4.68 Å². The molecule has 7 N–H and O–H groups in total. The van der Waals surface area contributed by atoms with E-state index in [4.69, 9.17) is 41.1 Å². The van der Waals surface area contributed by atoms with Crippen LogP contribution in [0.1, 0.15) is 73.6 Å². The number of benzene rings is 2. The number of aromatic nitrogens is 9. The molecule has 3 aliphatic heterocycles. The number of likely N-dealkylation sites (tertiary alicyclic amines) is 1. The molecule has 21 heteroatoms. The van der Waals surface area contributed by atoms with E-state index in [9.17, 15) is 19.2 Å².